The van der Waals surface area contributed by atoms with Crippen LogP contribution in [0.5, 0.6) is 0 Å². The molecule has 13 heavy (non-hydrogen) atoms. The van der Waals surface area contributed by atoms with E-state index in [0.717, 1.165) is 6.26 Å². The molecule has 0 bridgehead atoms. The summed E-state index contributed by atoms with van der Waals surface area (Å²) in [5.74, 6) is -0.935. The third kappa shape index (κ3) is 1.86. The quantitative estimate of drug-likeness (QED) is 0.732. The molecule has 0 aliphatic rings. The molecule has 0 amide bonds. The van der Waals surface area contributed by atoms with Gasteiger partial charge in [-0.15, -0.1) is 0 Å². The fourth-order valence-corrected chi connectivity index (χ4v) is 0.962. The number of nitrogens with zero attached hydrogens (tertiary/aromatic N) is 1. The molecule has 0 saturated heterocycles. The highest BCUT2D eigenvalue weighted by atomic mass is 16.5. The van der Waals surface area contributed by atoms with Crippen molar-refractivity contribution in [3.8, 4) is 0 Å². The van der Waals surface area contributed by atoms with Gasteiger partial charge in [0.1, 0.15) is 17.5 Å². The van der Waals surface area contributed by atoms with Gasteiger partial charge in [0, 0.05) is 0 Å². The molecule has 1 heterocycles. The molecule has 1 aromatic rings. The second-order valence-electron chi connectivity index (χ2n) is 3.19. The Morgan fingerprint density at radius 1 is 1.69 bits per heavy atom. The van der Waals surface area contributed by atoms with Crippen LogP contribution in [0, 0.1) is 5.92 Å². The van der Waals surface area contributed by atoms with Crippen LogP contribution < -0.4 is 5.73 Å². The number of rotatable bonds is 3. The maximum absolute atomic E-state index is 10.7. The first-order valence-corrected chi connectivity index (χ1v) is 3.97. The standard InChI is InChI=1S/C8H12N2O3/c1-4(2)6(9)7-5(8(11)12)3-13-10-7/h3-4,6H,9H2,1-2H3,(H,11,12)/t6-/m1/s1. The highest BCUT2D eigenvalue weighted by Gasteiger charge is 2.22. The summed E-state index contributed by atoms with van der Waals surface area (Å²) in [6, 6.07) is -0.398. The highest BCUT2D eigenvalue weighted by molar-refractivity contribution is 5.88. The van der Waals surface area contributed by atoms with Crippen molar-refractivity contribution in [3.05, 3.63) is 17.5 Å². The monoisotopic (exact) mass is 184 g/mol. The van der Waals surface area contributed by atoms with E-state index >= 15 is 0 Å². The van der Waals surface area contributed by atoms with Crippen molar-refractivity contribution >= 4 is 5.97 Å². The fourth-order valence-electron chi connectivity index (χ4n) is 0.962. The molecule has 5 nitrogen and oxygen atoms in total. The van der Waals surface area contributed by atoms with Gasteiger partial charge in [-0.2, -0.15) is 0 Å². The number of carbonyl (C=O) groups is 1. The van der Waals surface area contributed by atoms with Gasteiger partial charge in [0.05, 0.1) is 6.04 Å². The summed E-state index contributed by atoms with van der Waals surface area (Å²) in [5, 5.41) is 12.3. The van der Waals surface area contributed by atoms with Gasteiger partial charge in [-0.1, -0.05) is 19.0 Å². The second-order valence-corrected chi connectivity index (χ2v) is 3.19. The predicted octanol–water partition coefficient (Wildman–Crippen LogP) is 1.03. The molecule has 1 atom stereocenters. The van der Waals surface area contributed by atoms with Crippen molar-refractivity contribution in [3.63, 3.8) is 0 Å². The number of carboxylic acids is 1. The van der Waals surface area contributed by atoms with Crippen LogP contribution in [0.3, 0.4) is 0 Å². The van der Waals surface area contributed by atoms with Crippen LogP contribution in [0.4, 0.5) is 0 Å². The van der Waals surface area contributed by atoms with E-state index in [9.17, 15) is 4.79 Å². The maximum atomic E-state index is 10.7. The lowest BCUT2D eigenvalue weighted by Gasteiger charge is -2.12. The number of carboxylic acid groups (broad SMARTS) is 1. The van der Waals surface area contributed by atoms with Crippen LogP contribution in [0.25, 0.3) is 0 Å². The summed E-state index contributed by atoms with van der Waals surface area (Å²) in [4.78, 5) is 10.7. The summed E-state index contributed by atoms with van der Waals surface area (Å²) >= 11 is 0. The minimum atomic E-state index is -1.06. The van der Waals surface area contributed by atoms with Crippen molar-refractivity contribution in [2.75, 3.05) is 0 Å². The Kier molecular flexibility index (Phi) is 2.67. The van der Waals surface area contributed by atoms with Gasteiger partial charge in [-0.05, 0) is 5.92 Å². The van der Waals surface area contributed by atoms with Gasteiger partial charge in [-0.3, -0.25) is 0 Å². The van der Waals surface area contributed by atoms with Gasteiger partial charge in [0.25, 0.3) is 0 Å². The van der Waals surface area contributed by atoms with Crippen LogP contribution >= 0.6 is 0 Å². The molecule has 0 aliphatic carbocycles. The topological polar surface area (TPSA) is 89.4 Å². The molecule has 1 rings (SSSR count). The minimum absolute atomic E-state index is 0.0428. The second kappa shape index (κ2) is 3.57. The average Bonchev–Trinajstić information content (AvgIpc) is 2.50. The minimum Gasteiger partial charge on any atom is -0.478 e. The zero-order valence-electron chi connectivity index (χ0n) is 7.52. The van der Waals surface area contributed by atoms with Gasteiger partial charge in [0.15, 0.2) is 0 Å². The lowest BCUT2D eigenvalue weighted by atomic mass is 9.99. The summed E-state index contributed by atoms with van der Waals surface area (Å²) in [6.07, 6.45) is 1.10. The molecule has 0 aliphatic heterocycles. The summed E-state index contributed by atoms with van der Waals surface area (Å²) in [7, 11) is 0. The van der Waals surface area contributed by atoms with Gasteiger partial charge in [-0.25, -0.2) is 4.79 Å². The molecule has 0 unspecified atom stereocenters. The average molecular weight is 184 g/mol. The van der Waals surface area contributed by atoms with E-state index in [-0.39, 0.29) is 11.5 Å². The largest absolute Gasteiger partial charge is 0.478 e. The molecule has 5 heteroatoms. The fraction of sp³-hybridized carbons (Fsp3) is 0.500. The zero-order valence-corrected chi connectivity index (χ0v) is 7.52. The Morgan fingerprint density at radius 2 is 2.31 bits per heavy atom. The van der Waals surface area contributed by atoms with Crippen molar-refractivity contribution in [2.45, 2.75) is 19.9 Å². The SMILES string of the molecule is CC(C)[C@@H](N)c1nocc1C(=O)O. The highest BCUT2D eigenvalue weighted by Crippen LogP contribution is 2.20. The van der Waals surface area contributed by atoms with Crippen molar-refractivity contribution in [1.29, 1.82) is 0 Å². The summed E-state index contributed by atoms with van der Waals surface area (Å²) in [5.41, 5.74) is 6.09. The van der Waals surface area contributed by atoms with Crippen molar-refractivity contribution in [2.24, 2.45) is 11.7 Å². The lowest BCUT2D eigenvalue weighted by Crippen LogP contribution is -2.19. The number of aromatic carboxylic acids is 1. The Bertz CT molecular complexity index is 306. The van der Waals surface area contributed by atoms with Crippen molar-refractivity contribution < 1.29 is 14.4 Å². The number of hydrogen-bond acceptors (Lipinski definition) is 4. The van der Waals surface area contributed by atoms with E-state index in [1.165, 1.54) is 0 Å². The van der Waals surface area contributed by atoms with Gasteiger partial charge < -0.3 is 15.4 Å². The predicted molar refractivity (Wildman–Crippen MR) is 45.2 cm³/mol. The number of nitrogens with two attached hydrogens (primary N) is 1. The van der Waals surface area contributed by atoms with Crippen LogP contribution in [0.1, 0.15) is 35.9 Å². The molecule has 1 aromatic heterocycles. The Labute approximate surface area is 75.5 Å². The molecule has 0 fully saturated rings. The molecule has 0 radical (unpaired) electrons. The molecule has 72 valence electrons. The first kappa shape index (κ1) is 9.73. The van der Waals surface area contributed by atoms with E-state index in [4.69, 9.17) is 10.8 Å². The van der Waals surface area contributed by atoms with Crippen LogP contribution in [0.2, 0.25) is 0 Å². The smallest absolute Gasteiger partial charge is 0.341 e. The van der Waals surface area contributed by atoms with Crippen molar-refractivity contribution in [1.82, 2.24) is 5.16 Å². The Hall–Kier alpha value is -1.36. The van der Waals surface area contributed by atoms with E-state index < -0.39 is 12.0 Å². The first-order valence-electron chi connectivity index (χ1n) is 3.97. The van der Waals surface area contributed by atoms with E-state index in [1.807, 2.05) is 13.8 Å². The normalized spacial score (nSPS) is 13.2. The molecular formula is C8H12N2O3. The summed E-state index contributed by atoms with van der Waals surface area (Å²) in [6.45, 7) is 3.79. The third-order valence-corrected chi connectivity index (χ3v) is 1.86. The zero-order chi connectivity index (χ0) is 10.0. The van der Waals surface area contributed by atoms with Gasteiger partial charge >= 0.3 is 5.97 Å². The first-order chi connectivity index (χ1) is 6.04. The Balaban J connectivity index is 3.00. The van der Waals surface area contributed by atoms with E-state index in [1.54, 1.807) is 0 Å². The van der Waals surface area contributed by atoms with Crippen LogP contribution in [0.15, 0.2) is 10.8 Å². The number of hydrogen-bond donors (Lipinski definition) is 2. The molecule has 3 N–H and O–H groups in total. The molecular weight excluding hydrogens is 172 g/mol. The maximum Gasteiger partial charge on any atom is 0.341 e. The lowest BCUT2D eigenvalue weighted by molar-refractivity contribution is 0.0694. The van der Waals surface area contributed by atoms with Gasteiger partial charge in [0.2, 0.25) is 0 Å². The summed E-state index contributed by atoms with van der Waals surface area (Å²) < 4.78 is 4.57. The molecule has 0 aromatic carbocycles. The van der Waals surface area contributed by atoms with E-state index in [0.29, 0.717) is 5.69 Å². The molecule has 0 spiro atoms. The Morgan fingerprint density at radius 3 is 2.77 bits per heavy atom. The van der Waals surface area contributed by atoms with Crippen LogP contribution in [-0.2, 0) is 0 Å². The van der Waals surface area contributed by atoms with Crippen LogP contribution in [-0.4, -0.2) is 16.2 Å². The number of aromatic nitrogens is 1. The third-order valence-electron chi connectivity index (χ3n) is 1.86. The molecule has 0 saturated carbocycles. The van der Waals surface area contributed by atoms with E-state index in [2.05, 4.69) is 9.68 Å².